The number of sulfonamides is 1. The summed E-state index contributed by atoms with van der Waals surface area (Å²) in [5.74, 6) is 0.428. The van der Waals surface area contributed by atoms with E-state index in [0.717, 1.165) is 16.7 Å². The number of amides is 1. The van der Waals surface area contributed by atoms with E-state index in [2.05, 4.69) is 10.0 Å². The second-order valence-corrected chi connectivity index (χ2v) is 8.59. The molecule has 0 heterocycles. The summed E-state index contributed by atoms with van der Waals surface area (Å²) in [6, 6.07) is 18.7. The Morgan fingerprint density at radius 3 is 2.37 bits per heavy atom. The fourth-order valence-corrected chi connectivity index (χ4v) is 4.04. The van der Waals surface area contributed by atoms with E-state index < -0.39 is 10.0 Å². The van der Waals surface area contributed by atoms with Gasteiger partial charge in [0.15, 0.2) is 0 Å². The monoisotopic (exact) mass is 424 g/mol. The maximum absolute atomic E-state index is 12.7. The second kappa shape index (κ2) is 9.00. The van der Waals surface area contributed by atoms with Crippen molar-refractivity contribution in [2.45, 2.75) is 25.3 Å². The predicted molar refractivity (Wildman–Crippen MR) is 117 cm³/mol. The maximum atomic E-state index is 12.7. The van der Waals surface area contributed by atoms with E-state index in [0.29, 0.717) is 23.5 Å². The molecule has 0 saturated carbocycles. The van der Waals surface area contributed by atoms with Crippen molar-refractivity contribution in [3.63, 3.8) is 0 Å². The van der Waals surface area contributed by atoms with Crippen LogP contribution < -0.4 is 14.8 Å². The number of methoxy groups -OCH3 is 1. The van der Waals surface area contributed by atoms with Crippen LogP contribution >= 0.6 is 0 Å². The average molecular weight is 425 g/mol. The predicted octanol–water partition coefficient (Wildman–Crippen LogP) is 4.04. The number of hydrogen-bond acceptors (Lipinski definition) is 4. The summed E-state index contributed by atoms with van der Waals surface area (Å²) in [4.78, 5) is 12.5. The largest absolute Gasteiger partial charge is 0.497 e. The summed E-state index contributed by atoms with van der Waals surface area (Å²) in [5, 5.41) is 2.82. The van der Waals surface area contributed by atoms with E-state index in [9.17, 15) is 13.2 Å². The second-order valence-electron chi connectivity index (χ2n) is 6.91. The molecule has 3 aromatic carbocycles. The zero-order valence-electron chi connectivity index (χ0n) is 17.1. The molecule has 0 aliphatic heterocycles. The molecule has 0 radical (unpaired) electrons. The van der Waals surface area contributed by atoms with Gasteiger partial charge in [-0.05, 0) is 73.0 Å². The van der Waals surface area contributed by atoms with Gasteiger partial charge in [0, 0.05) is 12.1 Å². The molecule has 0 aromatic heterocycles. The van der Waals surface area contributed by atoms with Gasteiger partial charge in [0.2, 0.25) is 0 Å². The van der Waals surface area contributed by atoms with Crippen LogP contribution in [-0.2, 0) is 16.6 Å². The minimum atomic E-state index is -3.75. The van der Waals surface area contributed by atoms with Gasteiger partial charge in [-0.2, -0.15) is 0 Å². The van der Waals surface area contributed by atoms with Crippen LogP contribution in [0, 0.1) is 13.8 Å². The highest BCUT2D eigenvalue weighted by Gasteiger charge is 2.16. The van der Waals surface area contributed by atoms with Crippen molar-refractivity contribution in [1.29, 1.82) is 0 Å². The van der Waals surface area contributed by atoms with Crippen LogP contribution in [0.3, 0.4) is 0 Å². The molecule has 30 heavy (non-hydrogen) atoms. The Bertz CT molecular complexity index is 1160. The number of ether oxygens (including phenoxy) is 1. The Hall–Kier alpha value is -3.32. The summed E-state index contributed by atoms with van der Waals surface area (Å²) < 4.78 is 33.2. The quantitative estimate of drug-likeness (QED) is 0.599. The molecule has 0 aliphatic carbocycles. The molecular weight excluding hydrogens is 400 g/mol. The summed E-state index contributed by atoms with van der Waals surface area (Å²) in [6.07, 6.45) is 0. The fraction of sp³-hybridized carbons (Fsp3) is 0.174. The lowest BCUT2D eigenvalue weighted by molar-refractivity contribution is 0.0950. The molecule has 6 nitrogen and oxygen atoms in total. The van der Waals surface area contributed by atoms with Crippen LogP contribution in [0.2, 0.25) is 0 Å². The highest BCUT2D eigenvalue weighted by molar-refractivity contribution is 7.92. The van der Waals surface area contributed by atoms with Crippen LogP contribution in [-0.4, -0.2) is 21.4 Å². The van der Waals surface area contributed by atoms with E-state index in [1.807, 2.05) is 44.2 Å². The van der Waals surface area contributed by atoms with Crippen molar-refractivity contribution in [2.75, 3.05) is 11.8 Å². The number of benzene rings is 3. The molecule has 0 atom stereocenters. The molecule has 156 valence electrons. The molecule has 0 spiro atoms. The lowest BCUT2D eigenvalue weighted by Gasteiger charge is -2.12. The van der Waals surface area contributed by atoms with Crippen molar-refractivity contribution in [2.24, 2.45) is 0 Å². The Kier molecular flexibility index (Phi) is 6.42. The van der Waals surface area contributed by atoms with Gasteiger partial charge >= 0.3 is 0 Å². The Morgan fingerprint density at radius 2 is 1.67 bits per heavy atom. The zero-order chi connectivity index (χ0) is 21.7. The van der Waals surface area contributed by atoms with Crippen molar-refractivity contribution < 1.29 is 17.9 Å². The summed E-state index contributed by atoms with van der Waals surface area (Å²) in [5.41, 5.74) is 3.69. The molecule has 3 rings (SSSR count). The summed E-state index contributed by atoms with van der Waals surface area (Å²) >= 11 is 0. The third kappa shape index (κ3) is 4.99. The normalized spacial score (nSPS) is 11.0. The molecule has 3 aromatic rings. The number of rotatable bonds is 7. The molecule has 0 fully saturated rings. The van der Waals surface area contributed by atoms with Crippen LogP contribution in [0.15, 0.2) is 71.6 Å². The van der Waals surface area contributed by atoms with Gasteiger partial charge in [-0.25, -0.2) is 8.42 Å². The van der Waals surface area contributed by atoms with Gasteiger partial charge in [0.1, 0.15) is 5.75 Å². The molecule has 0 aliphatic rings. The number of carbonyl (C=O) groups is 1. The van der Waals surface area contributed by atoms with Crippen LogP contribution in [0.25, 0.3) is 0 Å². The number of anilines is 1. The highest BCUT2D eigenvalue weighted by atomic mass is 32.2. The highest BCUT2D eigenvalue weighted by Crippen LogP contribution is 2.22. The molecule has 0 unspecified atom stereocenters. The first-order valence-electron chi connectivity index (χ1n) is 9.40. The van der Waals surface area contributed by atoms with Crippen molar-refractivity contribution in [3.8, 4) is 5.75 Å². The molecular formula is C23H24N2O4S. The van der Waals surface area contributed by atoms with Gasteiger partial charge in [-0.3, -0.25) is 9.52 Å². The lowest BCUT2D eigenvalue weighted by Crippen LogP contribution is -2.23. The van der Waals surface area contributed by atoms with E-state index >= 15 is 0 Å². The SMILES string of the molecule is COc1cccc(CNC(=O)c2ccc(S(=O)(=O)Nc3cccc(C)c3C)cc2)c1. The Labute approximate surface area is 177 Å². The maximum Gasteiger partial charge on any atom is 0.261 e. The van der Waals surface area contributed by atoms with Gasteiger partial charge in [-0.1, -0.05) is 24.3 Å². The number of nitrogens with one attached hydrogen (secondary N) is 2. The van der Waals surface area contributed by atoms with Gasteiger partial charge in [0.05, 0.1) is 17.7 Å². The summed E-state index contributed by atoms with van der Waals surface area (Å²) in [6.45, 7) is 4.12. The Morgan fingerprint density at radius 1 is 0.967 bits per heavy atom. The zero-order valence-corrected chi connectivity index (χ0v) is 17.9. The van der Waals surface area contributed by atoms with Gasteiger partial charge in [-0.15, -0.1) is 0 Å². The van der Waals surface area contributed by atoms with E-state index in [4.69, 9.17) is 4.74 Å². The third-order valence-corrected chi connectivity index (χ3v) is 6.24. The van der Waals surface area contributed by atoms with Crippen molar-refractivity contribution in [1.82, 2.24) is 5.32 Å². The average Bonchev–Trinajstić information content (AvgIpc) is 2.75. The molecule has 0 bridgehead atoms. The Balaban J connectivity index is 1.68. The minimum absolute atomic E-state index is 0.0905. The first-order chi connectivity index (χ1) is 14.3. The number of aryl methyl sites for hydroxylation is 1. The fourth-order valence-electron chi connectivity index (χ4n) is 2.92. The minimum Gasteiger partial charge on any atom is -0.497 e. The van der Waals surface area contributed by atoms with Gasteiger partial charge in [0.25, 0.3) is 15.9 Å². The van der Waals surface area contributed by atoms with Crippen molar-refractivity contribution >= 4 is 21.6 Å². The molecule has 2 N–H and O–H groups in total. The third-order valence-electron chi connectivity index (χ3n) is 4.86. The van der Waals surface area contributed by atoms with Gasteiger partial charge < -0.3 is 10.1 Å². The lowest BCUT2D eigenvalue weighted by atomic mass is 10.1. The van der Waals surface area contributed by atoms with E-state index in [1.54, 1.807) is 19.2 Å². The standard InChI is InChI=1S/C23H24N2O4S/c1-16-6-4-9-22(17(16)2)25-30(27,28)21-12-10-19(11-13-21)23(26)24-15-18-7-5-8-20(14-18)29-3/h4-14,25H,15H2,1-3H3,(H,24,26). The smallest absolute Gasteiger partial charge is 0.261 e. The first kappa shape index (κ1) is 21.4. The number of carbonyl (C=O) groups excluding carboxylic acids is 1. The summed E-state index contributed by atoms with van der Waals surface area (Å²) in [7, 11) is -2.17. The van der Waals surface area contributed by atoms with Crippen molar-refractivity contribution in [3.05, 3.63) is 89.0 Å². The molecule has 1 amide bonds. The molecule has 0 saturated heterocycles. The van der Waals surface area contributed by atoms with Crippen LogP contribution in [0.4, 0.5) is 5.69 Å². The van der Waals surface area contributed by atoms with E-state index in [-0.39, 0.29) is 10.8 Å². The van der Waals surface area contributed by atoms with Crippen LogP contribution in [0.5, 0.6) is 5.75 Å². The topological polar surface area (TPSA) is 84.5 Å². The van der Waals surface area contributed by atoms with Crippen LogP contribution in [0.1, 0.15) is 27.0 Å². The number of hydrogen-bond donors (Lipinski definition) is 2. The first-order valence-corrected chi connectivity index (χ1v) is 10.9. The van der Waals surface area contributed by atoms with E-state index in [1.165, 1.54) is 24.3 Å². The molecule has 7 heteroatoms.